The molecule has 0 amide bonds. The van der Waals surface area contributed by atoms with E-state index in [0.29, 0.717) is 0 Å². The summed E-state index contributed by atoms with van der Waals surface area (Å²) in [5.74, 6) is 1.03. The number of unbranched alkanes of at least 4 members (excludes halogenated alkanes) is 2. The molecule has 68 valence electrons. The second kappa shape index (κ2) is 8.41. The van der Waals surface area contributed by atoms with Crippen molar-refractivity contribution < 1.29 is 0 Å². The predicted octanol–water partition coefficient (Wildman–Crippen LogP) is 2.43. The summed E-state index contributed by atoms with van der Waals surface area (Å²) >= 11 is 4.18. The van der Waals surface area contributed by atoms with Gasteiger partial charge in [0.1, 0.15) is 0 Å². The maximum Gasteiger partial charge on any atom is -0.00215 e. The molecule has 0 N–H and O–H groups in total. The Hall–Kier alpha value is 0.310. The van der Waals surface area contributed by atoms with Crippen LogP contribution in [0.1, 0.15) is 32.6 Å². The Kier molecular flexibility index (Phi) is 8.64. The molecule has 0 rings (SSSR count). The van der Waals surface area contributed by atoms with Crippen LogP contribution in [0.3, 0.4) is 0 Å². The normalized spacial score (nSPS) is 10.9. The molecule has 0 aromatic rings. The molecule has 0 aromatic carbocycles. The van der Waals surface area contributed by atoms with Crippen molar-refractivity contribution >= 4 is 12.6 Å². The zero-order valence-electron chi connectivity index (χ0n) is 7.84. The number of hydrogen-bond donors (Lipinski definition) is 1. The van der Waals surface area contributed by atoms with E-state index in [0.717, 1.165) is 5.75 Å². The molecule has 2 heteroatoms. The topological polar surface area (TPSA) is 3.24 Å². The molecule has 0 aliphatic heterocycles. The molecule has 0 bridgehead atoms. The molecule has 0 aromatic heterocycles. The van der Waals surface area contributed by atoms with Gasteiger partial charge in [-0.25, -0.2) is 0 Å². The molecule has 0 heterocycles. The Bertz CT molecular complexity index is 76.0. The maximum atomic E-state index is 4.18. The Balaban J connectivity index is 3.02. The molecule has 0 spiro atoms. The molecule has 0 unspecified atom stereocenters. The molecule has 11 heavy (non-hydrogen) atoms. The van der Waals surface area contributed by atoms with Crippen LogP contribution in [0.25, 0.3) is 0 Å². The Labute approximate surface area is 76.6 Å². The van der Waals surface area contributed by atoms with E-state index in [1.807, 2.05) is 0 Å². The highest BCUT2D eigenvalue weighted by molar-refractivity contribution is 7.80. The van der Waals surface area contributed by atoms with Gasteiger partial charge in [0, 0.05) is 0 Å². The summed E-state index contributed by atoms with van der Waals surface area (Å²) < 4.78 is 0. The second-order valence-electron chi connectivity index (χ2n) is 3.09. The monoisotopic (exact) mass is 175 g/mol. The lowest BCUT2D eigenvalue weighted by Crippen LogP contribution is -2.20. The summed E-state index contributed by atoms with van der Waals surface area (Å²) in [5, 5.41) is 0. The average molecular weight is 175 g/mol. The van der Waals surface area contributed by atoms with Crippen LogP contribution in [0.4, 0.5) is 0 Å². The maximum absolute atomic E-state index is 4.18. The van der Waals surface area contributed by atoms with E-state index >= 15 is 0 Å². The van der Waals surface area contributed by atoms with Crippen LogP contribution in [-0.4, -0.2) is 30.8 Å². The first-order valence-corrected chi connectivity index (χ1v) is 5.24. The Morgan fingerprint density at radius 3 is 2.27 bits per heavy atom. The second-order valence-corrected chi connectivity index (χ2v) is 3.53. The van der Waals surface area contributed by atoms with E-state index in [1.165, 1.54) is 38.8 Å². The number of thiol groups is 1. The summed E-state index contributed by atoms with van der Waals surface area (Å²) in [6, 6.07) is 0. The first kappa shape index (κ1) is 11.3. The molecule has 0 atom stereocenters. The van der Waals surface area contributed by atoms with Crippen molar-refractivity contribution in [2.24, 2.45) is 0 Å². The molecule has 0 saturated heterocycles. The largest absolute Gasteiger partial charge is 0.306 e. The SMILES string of the molecule is CCCCN(C)CCCCS. The minimum Gasteiger partial charge on any atom is -0.306 e. The van der Waals surface area contributed by atoms with Gasteiger partial charge in [-0.2, -0.15) is 12.6 Å². The van der Waals surface area contributed by atoms with E-state index in [-0.39, 0.29) is 0 Å². The van der Waals surface area contributed by atoms with E-state index in [9.17, 15) is 0 Å². The van der Waals surface area contributed by atoms with Gasteiger partial charge >= 0.3 is 0 Å². The quantitative estimate of drug-likeness (QED) is 0.459. The average Bonchev–Trinajstić information content (AvgIpc) is 2.01. The van der Waals surface area contributed by atoms with Gasteiger partial charge in [-0.05, 0) is 45.2 Å². The van der Waals surface area contributed by atoms with Crippen LogP contribution in [0, 0.1) is 0 Å². The summed E-state index contributed by atoms with van der Waals surface area (Å²) in [6.07, 6.45) is 5.18. The van der Waals surface area contributed by atoms with E-state index < -0.39 is 0 Å². The zero-order chi connectivity index (χ0) is 8.53. The van der Waals surface area contributed by atoms with Crippen molar-refractivity contribution in [3.8, 4) is 0 Å². The third-order valence-electron chi connectivity index (χ3n) is 1.84. The van der Waals surface area contributed by atoms with Gasteiger partial charge in [-0.1, -0.05) is 13.3 Å². The lowest BCUT2D eigenvalue weighted by atomic mass is 10.3. The summed E-state index contributed by atoms with van der Waals surface area (Å²) in [5.41, 5.74) is 0. The number of hydrogen-bond acceptors (Lipinski definition) is 2. The summed E-state index contributed by atoms with van der Waals surface area (Å²) in [6.45, 7) is 4.73. The summed E-state index contributed by atoms with van der Waals surface area (Å²) in [7, 11) is 2.20. The third-order valence-corrected chi connectivity index (χ3v) is 2.16. The minimum absolute atomic E-state index is 1.03. The van der Waals surface area contributed by atoms with Crippen LogP contribution in [0.5, 0.6) is 0 Å². The van der Waals surface area contributed by atoms with Crippen LogP contribution >= 0.6 is 12.6 Å². The van der Waals surface area contributed by atoms with Crippen molar-refractivity contribution in [2.45, 2.75) is 32.6 Å². The summed E-state index contributed by atoms with van der Waals surface area (Å²) in [4.78, 5) is 2.41. The Morgan fingerprint density at radius 2 is 1.73 bits per heavy atom. The van der Waals surface area contributed by atoms with Gasteiger partial charge in [-0.3, -0.25) is 0 Å². The molecule has 0 fully saturated rings. The van der Waals surface area contributed by atoms with Gasteiger partial charge in [0.25, 0.3) is 0 Å². The van der Waals surface area contributed by atoms with Crippen molar-refractivity contribution in [1.29, 1.82) is 0 Å². The predicted molar refractivity (Wildman–Crippen MR) is 55.5 cm³/mol. The number of rotatable bonds is 7. The molecule has 1 nitrogen and oxygen atoms in total. The van der Waals surface area contributed by atoms with Crippen molar-refractivity contribution in [3.05, 3.63) is 0 Å². The molecule has 0 aliphatic rings. The first-order chi connectivity index (χ1) is 5.31. The van der Waals surface area contributed by atoms with Crippen LogP contribution in [0.2, 0.25) is 0 Å². The highest BCUT2D eigenvalue weighted by atomic mass is 32.1. The third kappa shape index (κ3) is 8.21. The van der Waals surface area contributed by atoms with Crippen molar-refractivity contribution in [1.82, 2.24) is 4.90 Å². The molecule has 0 aliphatic carbocycles. The first-order valence-electron chi connectivity index (χ1n) is 4.60. The highest BCUT2D eigenvalue weighted by Crippen LogP contribution is 1.96. The smallest absolute Gasteiger partial charge is 0.00215 e. The molecular weight excluding hydrogens is 154 g/mol. The highest BCUT2D eigenvalue weighted by Gasteiger charge is 1.95. The Morgan fingerprint density at radius 1 is 1.09 bits per heavy atom. The fourth-order valence-corrected chi connectivity index (χ4v) is 1.26. The molecule has 0 radical (unpaired) electrons. The lowest BCUT2D eigenvalue weighted by molar-refractivity contribution is 0.323. The number of nitrogens with zero attached hydrogens (tertiary/aromatic N) is 1. The molecular formula is C9H21NS. The van der Waals surface area contributed by atoms with Crippen LogP contribution < -0.4 is 0 Å². The van der Waals surface area contributed by atoms with Gasteiger partial charge in [-0.15, -0.1) is 0 Å². The van der Waals surface area contributed by atoms with E-state index in [1.54, 1.807) is 0 Å². The minimum atomic E-state index is 1.03. The lowest BCUT2D eigenvalue weighted by Gasteiger charge is -2.15. The van der Waals surface area contributed by atoms with Gasteiger partial charge < -0.3 is 4.90 Å². The standard InChI is InChI=1S/C9H21NS/c1-3-4-7-10(2)8-5-6-9-11/h11H,3-9H2,1-2H3. The van der Waals surface area contributed by atoms with Gasteiger partial charge in [0.2, 0.25) is 0 Å². The van der Waals surface area contributed by atoms with E-state index in [4.69, 9.17) is 0 Å². The van der Waals surface area contributed by atoms with Crippen molar-refractivity contribution in [3.63, 3.8) is 0 Å². The fraction of sp³-hybridized carbons (Fsp3) is 1.00. The van der Waals surface area contributed by atoms with Gasteiger partial charge in [0.15, 0.2) is 0 Å². The van der Waals surface area contributed by atoms with E-state index in [2.05, 4.69) is 31.5 Å². The molecule has 0 saturated carbocycles. The van der Waals surface area contributed by atoms with Crippen molar-refractivity contribution in [2.75, 3.05) is 25.9 Å². The van der Waals surface area contributed by atoms with Crippen LogP contribution in [-0.2, 0) is 0 Å². The van der Waals surface area contributed by atoms with Gasteiger partial charge in [0.05, 0.1) is 0 Å². The zero-order valence-corrected chi connectivity index (χ0v) is 8.74. The van der Waals surface area contributed by atoms with Crippen LogP contribution in [0.15, 0.2) is 0 Å². The fourth-order valence-electron chi connectivity index (χ4n) is 1.03.